The molecule has 4 rings (SSSR count). The molecule has 3 aromatic carbocycles. The molecule has 0 spiro atoms. The van der Waals surface area contributed by atoms with Gasteiger partial charge in [0.15, 0.2) is 22.4 Å². The van der Waals surface area contributed by atoms with E-state index in [2.05, 4.69) is 5.32 Å². The standard InChI is InChI=1S/C27H26N2O3S/c1-18-24(26(30)20-12-8-5-9-13-20)25(28-27(33)29(18)2)21-14-15-22(23(16-21)31-3)32-17-19-10-6-4-7-11-19/h4-16,25H,17H2,1-3H3,(H,28,33). The average molecular weight is 459 g/mol. The molecule has 5 nitrogen and oxygen atoms in total. The Morgan fingerprint density at radius 2 is 1.67 bits per heavy atom. The quantitative estimate of drug-likeness (QED) is 0.383. The number of rotatable bonds is 7. The Morgan fingerprint density at radius 3 is 2.33 bits per heavy atom. The fraction of sp³-hybridized carbons (Fsp3) is 0.185. The molecule has 1 aliphatic rings. The van der Waals surface area contributed by atoms with Crippen molar-refractivity contribution in [2.45, 2.75) is 19.6 Å². The number of methoxy groups -OCH3 is 1. The van der Waals surface area contributed by atoms with Gasteiger partial charge in [-0.15, -0.1) is 0 Å². The molecule has 0 saturated carbocycles. The van der Waals surface area contributed by atoms with Gasteiger partial charge in [-0.1, -0.05) is 66.7 Å². The lowest BCUT2D eigenvalue weighted by Crippen LogP contribution is -2.45. The van der Waals surface area contributed by atoms with E-state index in [1.54, 1.807) is 7.11 Å². The van der Waals surface area contributed by atoms with Crippen molar-refractivity contribution in [1.29, 1.82) is 0 Å². The third-order valence-corrected chi connectivity index (χ3v) is 6.18. The van der Waals surface area contributed by atoms with Gasteiger partial charge in [0, 0.05) is 23.9 Å². The second-order valence-electron chi connectivity index (χ2n) is 7.82. The van der Waals surface area contributed by atoms with Crippen LogP contribution in [0.5, 0.6) is 11.5 Å². The normalized spacial score (nSPS) is 15.8. The number of carbonyl (C=O) groups excluding carboxylic acids is 1. The van der Waals surface area contributed by atoms with Crippen LogP contribution in [0, 0.1) is 0 Å². The highest BCUT2D eigenvalue weighted by Crippen LogP contribution is 2.37. The van der Waals surface area contributed by atoms with E-state index in [0.717, 1.165) is 16.8 Å². The molecule has 33 heavy (non-hydrogen) atoms. The lowest BCUT2D eigenvalue weighted by Gasteiger charge is -2.36. The van der Waals surface area contributed by atoms with Crippen LogP contribution in [-0.4, -0.2) is 30.0 Å². The monoisotopic (exact) mass is 458 g/mol. The van der Waals surface area contributed by atoms with Gasteiger partial charge in [0.1, 0.15) is 6.61 Å². The first-order valence-electron chi connectivity index (χ1n) is 10.7. The van der Waals surface area contributed by atoms with Gasteiger partial charge in [0.2, 0.25) is 0 Å². The summed E-state index contributed by atoms with van der Waals surface area (Å²) in [5.41, 5.74) is 4.04. The number of nitrogens with one attached hydrogen (secondary N) is 1. The Morgan fingerprint density at radius 1 is 1.00 bits per heavy atom. The van der Waals surface area contributed by atoms with Gasteiger partial charge in [-0.25, -0.2) is 0 Å². The fourth-order valence-electron chi connectivity index (χ4n) is 3.84. The van der Waals surface area contributed by atoms with Crippen LogP contribution in [0.3, 0.4) is 0 Å². The molecule has 0 aromatic heterocycles. The number of hydrogen-bond acceptors (Lipinski definition) is 4. The number of benzene rings is 3. The number of thiocarbonyl (C=S) groups is 1. The van der Waals surface area contributed by atoms with Crippen molar-refractivity contribution in [3.63, 3.8) is 0 Å². The molecule has 0 fully saturated rings. The van der Waals surface area contributed by atoms with E-state index in [-0.39, 0.29) is 5.78 Å². The van der Waals surface area contributed by atoms with Crippen LogP contribution in [-0.2, 0) is 6.61 Å². The van der Waals surface area contributed by atoms with Crippen LogP contribution in [0.25, 0.3) is 0 Å². The number of allylic oxidation sites excluding steroid dienone is 1. The molecule has 0 saturated heterocycles. The lowest BCUT2D eigenvalue weighted by atomic mass is 9.89. The molecule has 0 bridgehead atoms. The molecule has 0 amide bonds. The molecule has 1 heterocycles. The Kier molecular flexibility index (Phi) is 6.75. The highest BCUT2D eigenvalue weighted by molar-refractivity contribution is 7.80. The van der Waals surface area contributed by atoms with E-state index >= 15 is 0 Å². The highest BCUT2D eigenvalue weighted by atomic mass is 32.1. The minimum Gasteiger partial charge on any atom is -0.493 e. The van der Waals surface area contributed by atoms with E-state index in [1.165, 1.54) is 0 Å². The Bertz CT molecular complexity index is 1190. The van der Waals surface area contributed by atoms with Gasteiger partial charge in [0.25, 0.3) is 0 Å². The van der Waals surface area contributed by atoms with Crippen LogP contribution in [0.1, 0.15) is 34.5 Å². The van der Waals surface area contributed by atoms with Crippen LogP contribution >= 0.6 is 12.2 Å². The summed E-state index contributed by atoms with van der Waals surface area (Å²) < 4.78 is 11.6. The van der Waals surface area contributed by atoms with E-state index in [1.807, 2.05) is 97.7 Å². The van der Waals surface area contributed by atoms with Crippen molar-refractivity contribution in [1.82, 2.24) is 10.2 Å². The van der Waals surface area contributed by atoms with E-state index in [9.17, 15) is 4.79 Å². The first-order chi connectivity index (χ1) is 16.0. The molecule has 1 N–H and O–H groups in total. The number of nitrogens with zero attached hydrogens (tertiary/aromatic N) is 1. The Labute approximate surface area is 199 Å². The van der Waals surface area contributed by atoms with Crippen LogP contribution in [0.4, 0.5) is 0 Å². The van der Waals surface area contributed by atoms with Crippen LogP contribution in [0.2, 0.25) is 0 Å². The van der Waals surface area contributed by atoms with Gasteiger partial charge < -0.3 is 19.7 Å². The van der Waals surface area contributed by atoms with Crippen molar-refractivity contribution < 1.29 is 14.3 Å². The summed E-state index contributed by atoms with van der Waals surface area (Å²) in [6, 6.07) is 24.6. The summed E-state index contributed by atoms with van der Waals surface area (Å²) in [6.07, 6.45) is 0. The SMILES string of the molecule is COc1cc(C2NC(=S)N(C)C(C)=C2C(=O)c2ccccc2)ccc1OCc1ccccc1. The average Bonchev–Trinajstić information content (AvgIpc) is 2.86. The third kappa shape index (κ3) is 4.76. The summed E-state index contributed by atoms with van der Waals surface area (Å²) >= 11 is 5.53. The maximum atomic E-state index is 13.5. The van der Waals surface area contributed by atoms with E-state index < -0.39 is 6.04 Å². The third-order valence-electron chi connectivity index (χ3n) is 5.79. The first-order valence-corrected chi connectivity index (χ1v) is 11.1. The van der Waals surface area contributed by atoms with Gasteiger partial charge >= 0.3 is 0 Å². The van der Waals surface area contributed by atoms with Crippen molar-refractivity contribution in [2.75, 3.05) is 14.2 Å². The predicted octanol–water partition coefficient (Wildman–Crippen LogP) is 5.29. The second-order valence-corrected chi connectivity index (χ2v) is 8.21. The Hall–Kier alpha value is -3.64. The number of carbonyl (C=O) groups is 1. The Balaban J connectivity index is 1.68. The predicted molar refractivity (Wildman–Crippen MR) is 133 cm³/mol. The molecule has 1 unspecified atom stereocenters. The minimum atomic E-state index is -0.404. The summed E-state index contributed by atoms with van der Waals surface area (Å²) in [4.78, 5) is 15.3. The number of ether oxygens (including phenoxy) is 2. The zero-order valence-electron chi connectivity index (χ0n) is 18.9. The molecule has 0 radical (unpaired) electrons. The van der Waals surface area contributed by atoms with Gasteiger partial charge in [-0.2, -0.15) is 0 Å². The van der Waals surface area contributed by atoms with Crippen molar-refractivity contribution in [2.24, 2.45) is 0 Å². The summed E-state index contributed by atoms with van der Waals surface area (Å²) in [5.74, 6) is 1.19. The van der Waals surface area contributed by atoms with Gasteiger partial charge in [-0.05, 0) is 42.4 Å². The lowest BCUT2D eigenvalue weighted by molar-refractivity contribution is 0.102. The first kappa shape index (κ1) is 22.6. The molecular weight excluding hydrogens is 432 g/mol. The van der Waals surface area contributed by atoms with Crippen molar-refractivity contribution in [3.8, 4) is 11.5 Å². The topological polar surface area (TPSA) is 50.8 Å². The number of ketones is 1. The van der Waals surface area contributed by atoms with Crippen LogP contribution in [0.15, 0.2) is 90.1 Å². The van der Waals surface area contributed by atoms with Crippen molar-refractivity contribution >= 4 is 23.1 Å². The summed E-state index contributed by atoms with van der Waals surface area (Å²) in [7, 11) is 3.47. The molecule has 3 aromatic rings. The maximum absolute atomic E-state index is 13.5. The summed E-state index contributed by atoms with van der Waals surface area (Å²) in [6.45, 7) is 2.36. The second kappa shape index (κ2) is 9.88. The zero-order valence-corrected chi connectivity index (χ0v) is 19.7. The zero-order chi connectivity index (χ0) is 23.4. The van der Waals surface area contributed by atoms with E-state index in [0.29, 0.717) is 34.4 Å². The molecule has 168 valence electrons. The number of hydrogen-bond donors (Lipinski definition) is 1. The smallest absolute Gasteiger partial charge is 0.193 e. The summed E-state index contributed by atoms with van der Waals surface area (Å²) in [5, 5.41) is 3.89. The molecule has 1 atom stereocenters. The molecular formula is C27H26N2O3S. The minimum absolute atomic E-state index is 0.0386. The molecule has 0 aliphatic carbocycles. The fourth-order valence-corrected chi connectivity index (χ4v) is 4.10. The van der Waals surface area contributed by atoms with Gasteiger partial charge in [0.05, 0.1) is 13.2 Å². The van der Waals surface area contributed by atoms with Crippen molar-refractivity contribution in [3.05, 3.63) is 107 Å². The highest BCUT2D eigenvalue weighted by Gasteiger charge is 2.33. The number of Topliss-reactive ketones (excluding diaryl/α,β-unsaturated/α-hetero) is 1. The maximum Gasteiger partial charge on any atom is 0.193 e. The van der Waals surface area contributed by atoms with E-state index in [4.69, 9.17) is 21.7 Å². The molecule has 6 heteroatoms. The molecule has 1 aliphatic heterocycles. The largest absolute Gasteiger partial charge is 0.493 e. The van der Waals surface area contributed by atoms with Crippen LogP contribution < -0.4 is 14.8 Å². The van der Waals surface area contributed by atoms with Gasteiger partial charge in [-0.3, -0.25) is 4.79 Å².